The van der Waals surface area contributed by atoms with Crippen LogP contribution in [-0.2, 0) is 14.3 Å². The van der Waals surface area contributed by atoms with Gasteiger partial charge in [0.2, 0.25) is 11.6 Å². The topological polar surface area (TPSA) is 97.7 Å². The highest BCUT2D eigenvalue weighted by atomic mass is 19.1. The van der Waals surface area contributed by atoms with E-state index in [4.69, 9.17) is 4.74 Å². The van der Waals surface area contributed by atoms with Gasteiger partial charge in [0.05, 0.1) is 0 Å². The van der Waals surface area contributed by atoms with Crippen molar-refractivity contribution in [2.45, 2.75) is 5.60 Å². The molecule has 1 aliphatic carbocycles. The second-order valence-electron chi connectivity index (χ2n) is 5.83. The van der Waals surface area contributed by atoms with E-state index < -0.39 is 46.1 Å². The Hall–Kier alpha value is -3.61. The van der Waals surface area contributed by atoms with Gasteiger partial charge in [-0.15, -0.1) is 0 Å². The third-order valence-corrected chi connectivity index (χ3v) is 4.42. The molecule has 0 bridgehead atoms. The molecule has 0 saturated carbocycles. The summed E-state index contributed by atoms with van der Waals surface area (Å²) in [4.78, 5) is 49.9. The second kappa shape index (κ2) is 5.19. The minimum atomic E-state index is -2.55. The number of Topliss-reactive ketones (excluding diaryl/α,β-unsaturated/α-hetero) is 3. The molecule has 7 heteroatoms. The van der Waals surface area contributed by atoms with Crippen LogP contribution < -0.4 is 0 Å². The van der Waals surface area contributed by atoms with Crippen molar-refractivity contribution in [3.05, 3.63) is 76.6 Å². The predicted octanol–water partition coefficient (Wildman–Crippen LogP) is 2.04. The van der Waals surface area contributed by atoms with Gasteiger partial charge in [-0.2, -0.15) is 0 Å². The number of hydrogen-bond acceptors (Lipinski definition) is 6. The summed E-state index contributed by atoms with van der Waals surface area (Å²) >= 11 is 0. The average Bonchev–Trinajstić information content (AvgIpc) is 3.03. The fraction of sp³-hybridized carbons (Fsp3) is 0.0526. The molecule has 6 nitrogen and oxygen atoms in total. The highest BCUT2D eigenvalue weighted by Crippen LogP contribution is 2.44. The molecule has 2 aromatic rings. The summed E-state index contributed by atoms with van der Waals surface area (Å²) in [7, 11) is 0. The highest BCUT2D eigenvalue weighted by molar-refractivity contribution is 6.52. The summed E-state index contributed by atoms with van der Waals surface area (Å²) in [6.45, 7) is 0. The zero-order valence-corrected chi connectivity index (χ0v) is 13.0. The number of carbonyl (C=O) groups is 4. The summed E-state index contributed by atoms with van der Waals surface area (Å²) in [5, 5.41) is 10.5. The molecule has 2 aliphatic rings. The Labute approximate surface area is 145 Å². The number of fused-ring (bicyclic) bond motifs is 1. The van der Waals surface area contributed by atoms with Crippen molar-refractivity contribution in [3.63, 3.8) is 0 Å². The quantitative estimate of drug-likeness (QED) is 0.277. The number of rotatable bonds is 1. The van der Waals surface area contributed by atoms with E-state index >= 15 is 0 Å². The number of halogens is 1. The predicted molar refractivity (Wildman–Crippen MR) is 84.9 cm³/mol. The van der Waals surface area contributed by atoms with Crippen LogP contribution in [0.4, 0.5) is 4.39 Å². The van der Waals surface area contributed by atoms with Gasteiger partial charge in [-0.25, -0.2) is 9.18 Å². The minimum absolute atomic E-state index is 0.00981. The van der Waals surface area contributed by atoms with Crippen LogP contribution in [0.5, 0.6) is 0 Å². The molecule has 0 unspecified atom stereocenters. The van der Waals surface area contributed by atoms with Crippen LogP contribution in [0.15, 0.2) is 54.1 Å². The Kier molecular flexibility index (Phi) is 3.17. The molecule has 1 fully saturated rings. The lowest BCUT2D eigenvalue weighted by Gasteiger charge is -2.19. The maximum atomic E-state index is 13.1. The summed E-state index contributed by atoms with van der Waals surface area (Å²) in [5.41, 5.74) is -3.35. The van der Waals surface area contributed by atoms with E-state index in [2.05, 4.69) is 0 Å². The number of carbonyl (C=O) groups excluding carboxylic acids is 4. The number of benzene rings is 2. The molecule has 26 heavy (non-hydrogen) atoms. The van der Waals surface area contributed by atoms with Gasteiger partial charge in [-0.05, 0) is 24.3 Å². The van der Waals surface area contributed by atoms with E-state index in [1.54, 1.807) is 0 Å². The summed E-state index contributed by atoms with van der Waals surface area (Å²) < 4.78 is 18.0. The zero-order valence-electron chi connectivity index (χ0n) is 13.0. The monoisotopic (exact) mass is 352 g/mol. The summed E-state index contributed by atoms with van der Waals surface area (Å²) in [6, 6.07) is 10.1. The Morgan fingerprint density at radius 1 is 0.885 bits per heavy atom. The SMILES string of the molecule is O=C1OC2(C(=O)c3ccccc3C2=O)/C(=C(/O)c2ccc(F)cc2)C1=O. The van der Waals surface area contributed by atoms with Crippen molar-refractivity contribution < 1.29 is 33.4 Å². The lowest BCUT2D eigenvalue weighted by Crippen LogP contribution is -2.43. The molecule has 128 valence electrons. The third-order valence-electron chi connectivity index (χ3n) is 4.42. The zero-order chi connectivity index (χ0) is 18.6. The van der Waals surface area contributed by atoms with Crippen LogP contribution in [0.25, 0.3) is 5.76 Å². The number of hydrogen-bond donors (Lipinski definition) is 1. The van der Waals surface area contributed by atoms with Crippen molar-refractivity contribution in [2.24, 2.45) is 0 Å². The number of esters is 1. The van der Waals surface area contributed by atoms with Crippen molar-refractivity contribution in [2.75, 3.05) is 0 Å². The Balaban J connectivity index is 1.99. The molecule has 1 heterocycles. The molecule has 0 radical (unpaired) electrons. The molecule has 0 amide bonds. The van der Waals surface area contributed by atoms with Crippen LogP contribution in [0.3, 0.4) is 0 Å². The molecule has 1 aliphatic heterocycles. The first-order chi connectivity index (χ1) is 12.4. The van der Waals surface area contributed by atoms with Crippen LogP contribution in [0.1, 0.15) is 26.3 Å². The number of aliphatic hydroxyl groups is 1. The normalized spacial score (nSPS) is 19.7. The van der Waals surface area contributed by atoms with Crippen LogP contribution in [0, 0.1) is 5.82 Å². The first kappa shape index (κ1) is 15.9. The molecule has 1 saturated heterocycles. The lowest BCUT2D eigenvalue weighted by molar-refractivity contribution is -0.149. The summed E-state index contributed by atoms with van der Waals surface area (Å²) in [6.07, 6.45) is 0. The van der Waals surface area contributed by atoms with Gasteiger partial charge in [-0.3, -0.25) is 14.4 Å². The lowest BCUT2D eigenvalue weighted by atomic mass is 9.85. The van der Waals surface area contributed by atoms with Crippen molar-refractivity contribution in [3.8, 4) is 0 Å². The fourth-order valence-corrected chi connectivity index (χ4v) is 3.21. The molecule has 0 aromatic heterocycles. The average molecular weight is 352 g/mol. The second-order valence-corrected chi connectivity index (χ2v) is 5.83. The van der Waals surface area contributed by atoms with E-state index in [1.165, 1.54) is 24.3 Å². The highest BCUT2D eigenvalue weighted by Gasteiger charge is 2.67. The maximum Gasteiger partial charge on any atom is 0.381 e. The minimum Gasteiger partial charge on any atom is -0.507 e. The Morgan fingerprint density at radius 2 is 1.42 bits per heavy atom. The summed E-state index contributed by atoms with van der Waals surface area (Å²) in [5.74, 6) is -5.88. The van der Waals surface area contributed by atoms with Gasteiger partial charge in [-0.1, -0.05) is 24.3 Å². The molecular formula is C19H9FO6. The van der Waals surface area contributed by atoms with Crippen LogP contribution >= 0.6 is 0 Å². The van der Waals surface area contributed by atoms with Gasteiger partial charge in [0.1, 0.15) is 17.1 Å². The smallest absolute Gasteiger partial charge is 0.381 e. The molecule has 1 spiro atoms. The van der Waals surface area contributed by atoms with Crippen molar-refractivity contribution in [1.82, 2.24) is 0 Å². The molecule has 2 aromatic carbocycles. The van der Waals surface area contributed by atoms with Gasteiger partial charge in [0.25, 0.3) is 11.4 Å². The molecule has 1 N–H and O–H groups in total. The van der Waals surface area contributed by atoms with Crippen LogP contribution in [0.2, 0.25) is 0 Å². The van der Waals surface area contributed by atoms with E-state index in [-0.39, 0.29) is 16.7 Å². The van der Waals surface area contributed by atoms with Crippen molar-refractivity contribution in [1.29, 1.82) is 0 Å². The first-order valence-electron chi connectivity index (χ1n) is 7.54. The van der Waals surface area contributed by atoms with E-state index in [0.29, 0.717) is 0 Å². The third kappa shape index (κ3) is 1.85. The van der Waals surface area contributed by atoms with Gasteiger partial charge < -0.3 is 9.84 Å². The fourth-order valence-electron chi connectivity index (χ4n) is 3.21. The van der Waals surface area contributed by atoms with E-state index in [0.717, 1.165) is 24.3 Å². The Bertz CT molecular complexity index is 1010. The molecule has 0 atom stereocenters. The van der Waals surface area contributed by atoms with E-state index in [1.807, 2.05) is 0 Å². The van der Waals surface area contributed by atoms with E-state index in [9.17, 15) is 28.7 Å². The standard InChI is InChI=1S/C19H9FO6/c20-10-7-5-9(6-8-10)14(21)13-15(22)18(25)26-19(13)16(23)11-3-1-2-4-12(11)17(19)24/h1-8,21H/b14-13+. The number of ether oxygens (including phenoxy) is 1. The molecular weight excluding hydrogens is 343 g/mol. The van der Waals surface area contributed by atoms with Crippen LogP contribution in [-0.4, -0.2) is 34.0 Å². The largest absolute Gasteiger partial charge is 0.507 e. The maximum absolute atomic E-state index is 13.1. The van der Waals surface area contributed by atoms with Gasteiger partial charge in [0, 0.05) is 16.7 Å². The van der Waals surface area contributed by atoms with Gasteiger partial charge >= 0.3 is 5.97 Å². The van der Waals surface area contributed by atoms with Crippen molar-refractivity contribution >= 4 is 29.1 Å². The number of aliphatic hydroxyl groups excluding tert-OH is 1. The first-order valence-corrected chi connectivity index (χ1v) is 7.54. The Morgan fingerprint density at radius 3 is 1.96 bits per heavy atom. The molecule has 4 rings (SSSR count). The van der Waals surface area contributed by atoms with Gasteiger partial charge in [0.15, 0.2) is 0 Å². The number of ketones is 3.